The highest BCUT2D eigenvalue weighted by Crippen LogP contribution is 2.30. The van der Waals surface area contributed by atoms with Crippen LogP contribution in [0.1, 0.15) is 41.3 Å². The molecule has 0 saturated carbocycles. The molecule has 1 saturated heterocycles. The number of nitrogens with two attached hydrogens (primary N) is 1. The van der Waals surface area contributed by atoms with Crippen molar-refractivity contribution >= 4 is 21.9 Å². The van der Waals surface area contributed by atoms with Crippen LogP contribution in [-0.4, -0.2) is 42.3 Å². The summed E-state index contributed by atoms with van der Waals surface area (Å²) in [7, 11) is -3.92. The molecule has 0 aromatic heterocycles. The van der Waals surface area contributed by atoms with Gasteiger partial charge in [-0.25, -0.2) is 13.2 Å². The van der Waals surface area contributed by atoms with Gasteiger partial charge in [0.25, 0.3) is 0 Å². The maximum atomic E-state index is 13.1. The minimum Gasteiger partial charge on any atom is -0.478 e. The van der Waals surface area contributed by atoms with Crippen molar-refractivity contribution in [3.05, 3.63) is 28.8 Å². The normalized spacial score (nSPS) is 22.3. The average molecular weight is 354 g/mol. The van der Waals surface area contributed by atoms with Crippen molar-refractivity contribution < 1.29 is 23.1 Å². The third kappa shape index (κ3) is 3.29. The smallest absolute Gasteiger partial charge is 0.335 e. The Bertz CT molecular complexity index is 788. The molecule has 0 radical (unpaired) electrons. The van der Waals surface area contributed by atoms with Gasteiger partial charge in [-0.15, -0.1) is 0 Å². The van der Waals surface area contributed by atoms with Gasteiger partial charge in [-0.1, -0.05) is 6.07 Å². The number of carboxylic acids is 1. The summed E-state index contributed by atoms with van der Waals surface area (Å²) in [6.45, 7) is 5.05. The van der Waals surface area contributed by atoms with E-state index in [1.54, 1.807) is 26.8 Å². The van der Waals surface area contributed by atoms with Crippen molar-refractivity contribution in [1.82, 2.24) is 4.31 Å². The maximum Gasteiger partial charge on any atom is 0.335 e. The van der Waals surface area contributed by atoms with Crippen LogP contribution in [0.2, 0.25) is 0 Å². The average Bonchev–Trinajstić information content (AvgIpc) is 2.46. The number of amides is 1. The second-order valence-corrected chi connectivity index (χ2v) is 8.20. The Morgan fingerprint density at radius 3 is 2.38 bits per heavy atom. The molecule has 1 aliphatic heterocycles. The number of sulfonamides is 1. The first kappa shape index (κ1) is 18.4. The highest BCUT2D eigenvalue weighted by atomic mass is 32.2. The number of nitrogens with zero attached hydrogens (tertiary/aromatic N) is 1. The van der Waals surface area contributed by atoms with Gasteiger partial charge in [-0.05, 0) is 50.8 Å². The van der Waals surface area contributed by atoms with Gasteiger partial charge in [-0.3, -0.25) is 4.79 Å². The van der Waals surface area contributed by atoms with Gasteiger partial charge in [-0.2, -0.15) is 4.31 Å². The molecule has 1 aliphatic rings. The number of rotatable bonds is 4. The fraction of sp³-hybridized carbons (Fsp3) is 0.500. The molecule has 1 aromatic rings. The van der Waals surface area contributed by atoms with Gasteiger partial charge in [0.1, 0.15) is 0 Å². The van der Waals surface area contributed by atoms with E-state index in [0.717, 1.165) is 0 Å². The minimum absolute atomic E-state index is 0.0224. The van der Waals surface area contributed by atoms with Crippen LogP contribution >= 0.6 is 0 Å². The van der Waals surface area contributed by atoms with E-state index in [9.17, 15) is 23.1 Å². The van der Waals surface area contributed by atoms with Crippen LogP contribution in [0.3, 0.4) is 0 Å². The van der Waals surface area contributed by atoms with Crippen LogP contribution in [0.15, 0.2) is 17.0 Å². The molecule has 2 atom stereocenters. The zero-order valence-electron chi connectivity index (χ0n) is 13.9. The summed E-state index contributed by atoms with van der Waals surface area (Å²) in [6, 6.07) is 2.47. The summed E-state index contributed by atoms with van der Waals surface area (Å²) < 4.78 is 27.4. The first-order valence-electron chi connectivity index (χ1n) is 7.71. The quantitative estimate of drug-likeness (QED) is 0.844. The zero-order chi connectivity index (χ0) is 18.2. The number of carbonyl (C=O) groups excluding carboxylic acids is 1. The van der Waals surface area contributed by atoms with Gasteiger partial charge < -0.3 is 10.8 Å². The Morgan fingerprint density at radius 1 is 1.21 bits per heavy atom. The van der Waals surface area contributed by atoms with Crippen molar-refractivity contribution in [2.45, 2.75) is 44.6 Å². The number of aryl methyl sites for hydroxylation is 2. The summed E-state index contributed by atoms with van der Waals surface area (Å²) in [5.41, 5.74) is 6.26. The third-order valence-corrected chi connectivity index (χ3v) is 6.69. The fourth-order valence-electron chi connectivity index (χ4n) is 3.11. The standard InChI is InChI=1S/C16H22N2O5S/c1-9-6-10(2)14(7-13(9)16(20)21)24(22,23)18-8-12(15(17)19)5-4-11(18)3/h6-7,11-12H,4-5,8H2,1-3H3,(H2,17,19)(H,20,21). The maximum absolute atomic E-state index is 13.1. The Morgan fingerprint density at radius 2 is 1.83 bits per heavy atom. The van der Waals surface area contributed by atoms with Gasteiger partial charge in [0.15, 0.2) is 0 Å². The van der Waals surface area contributed by atoms with Crippen molar-refractivity contribution in [2.75, 3.05) is 6.54 Å². The number of piperidine rings is 1. The second kappa shape index (κ2) is 6.52. The topological polar surface area (TPSA) is 118 Å². The summed E-state index contributed by atoms with van der Waals surface area (Å²) in [5, 5.41) is 9.25. The molecule has 0 bridgehead atoms. The minimum atomic E-state index is -3.92. The van der Waals surface area contributed by atoms with E-state index in [2.05, 4.69) is 0 Å². The zero-order valence-corrected chi connectivity index (χ0v) is 14.8. The number of hydrogen-bond donors (Lipinski definition) is 2. The molecule has 8 heteroatoms. The van der Waals surface area contributed by atoms with Gasteiger partial charge >= 0.3 is 5.97 Å². The molecule has 3 N–H and O–H groups in total. The summed E-state index contributed by atoms with van der Waals surface area (Å²) in [5.74, 6) is -2.22. The lowest BCUT2D eigenvalue weighted by molar-refractivity contribution is -0.123. The molecule has 1 fully saturated rings. The van der Waals surface area contributed by atoms with E-state index in [-0.39, 0.29) is 23.0 Å². The number of aromatic carboxylic acids is 1. The van der Waals surface area contributed by atoms with E-state index < -0.39 is 27.8 Å². The molecule has 1 aromatic carbocycles. The van der Waals surface area contributed by atoms with Crippen LogP contribution in [0.5, 0.6) is 0 Å². The first-order chi connectivity index (χ1) is 11.1. The van der Waals surface area contributed by atoms with Crippen molar-refractivity contribution in [1.29, 1.82) is 0 Å². The highest BCUT2D eigenvalue weighted by molar-refractivity contribution is 7.89. The number of hydrogen-bond acceptors (Lipinski definition) is 4. The van der Waals surface area contributed by atoms with E-state index in [1.807, 2.05) is 0 Å². The predicted molar refractivity (Wildman–Crippen MR) is 88.1 cm³/mol. The molecule has 132 valence electrons. The fourth-order valence-corrected chi connectivity index (χ4v) is 5.05. The van der Waals surface area contributed by atoms with Gasteiger partial charge in [0.05, 0.1) is 16.4 Å². The molecule has 7 nitrogen and oxygen atoms in total. The monoisotopic (exact) mass is 354 g/mol. The third-order valence-electron chi connectivity index (χ3n) is 4.57. The molecule has 1 amide bonds. The van der Waals surface area contributed by atoms with Crippen molar-refractivity contribution in [3.63, 3.8) is 0 Å². The lowest BCUT2D eigenvalue weighted by Gasteiger charge is -2.36. The number of carbonyl (C=O) groups is 2. The molecular weight excluding hydrogens is 332 g/mol. The Balaban J connectivity index is 2.51. The van der Waals surface area contributed by atoms with Crippen molar-refractivity contribution in [2.24, 2.45) is 11.7 Å². The van der Waals surface area contributed by atoms with E-state index in [4.69, 9.17) is 5.73 Å². The lowest BCUT2D eigenvalue weighted by Crippen LogP contribution is -2.48. The summed E-state index contributed by atoms with van der Waals surface area (Å²) >= 11 is 0. The Labute approximate surface area is 141 Å². The van der Waals surface area contributed by atoms with Crippen LogP contribution in [0.4, 0.5) is 0 Å². The number of carboxylic acid groups (broad SMARTS) is 1. The largest absolute Gasteiger partial charge is 0.478 e. The van der Waals surface area contributed by atoms with Crippen LogP contribution in [0.25, 0.3) is 0 Å². The van der Waals surface area contributed by atoms with Crippen molar-refractivity contribution in [3.8, 4) is 0 Å². The second-order valence-electron chi connectivity index (χ2n) is 6.34. The van der Waals surface area contributed by atoms with Crippen LogP contribution in [-0.2, 0) is 14.8 Å². The van der Waals surface area contributed by atoms with Gasteiger partial charge in [0.2, 0.25) is 15.9 Å². The Hall–Kier alpha value is -1.93. The van der Waals surface area contributed by atoms with Crippen LogP contribution in [0, 0.1) is 19.8 Å². The van der Waals surface area contributed by atoms with E-state index in [1.165, 1.54) is 10.4 Å². The summed E-state index contributed by atoms with van der Waals surface area (Å²) in [4.78, 5) is 22.7. The highest BCUT2D eigenvalue weighted by Gasteiger charge is 2.37. The molecule has 0 aliphatic carbocycles. The van der Waals surface area contributed by atoms with Crippen LogP contribution < -0.4 is 5.73 Å². The Kier molecular flexibility index (Phi) is 5.00. The lowest BCUT2D eigenvalue weighted by atomic mass is 9.95. The molecule has 1 heterocycles. The van der Waals surface area contributed by atoms with E-state index >= 15 is 0 Å². The molecule has 24 heavy (non-hydrogen) atoms. The summed E-state index contributed by atoms with van der Waals surface area (Å²) in [6.07, 6.45) is 1.08. The molecule has 2 unspecified atom stereocenters. The molecule has 2 rings (SSSR count). The first-order valence-corrected chi connectivity index (χ1v) is 9.15. The molecular formula is C16H22N2O5S. The molecule has 0 spiro atoms. The van der Waals surface area contributed by atoms with Gasteiger partial charge in [0, 0.05) is 12.6 Å². The SMILES string of the molecule is Cc1cc(C)c(S(=O)(=O)N2CC(C(N)=O)CCC2C)cc1C(=O)O. The van der Waals surface area contributed by atoms with E-state index in [0.29, 0.717) is 24.0 Å². The predicted octanol–water partition coefficient (Wildman–Crippen LogP) is 1.28. The number of benzene rings is 1. The number of primary amides is 1.